The number of halogens is 1. The minimum Gasteiger partial charge on any atom is -0.494 e. The van der Waals surface area contributed by atoms with Gasteiger partial charge in [-0.3, -0.25) is 4.99 Å². The van der Waals surface area contributed by atoms with Gasteiger partial charge in [-0.15, -0.1) is 0 Å². The summed E-state index contributed by atoms with van der Waals surface area (Å²) in [7, 11) is 0. The third-order valence-electron chi connectivity index (χ3n) is 4.84. The molecule has 166 valence electrons. The van der Waals surface area contributed by atoms with E-state index in [1.54, 1.807) is 24.4 Å². The Morgan fingerprint density at radius 1 is 0.970 bits per heavy atom. The molecular weight excluding hydrogens is 438 g/mol. The maximum Gasteiger partial charge on any atom is 0.338 e. The lowest BCUT2D eigenvalue weighted by molar-refractivity contribution is 0.0473. The van der Waals surface area contributed by atoms with Gasteiger partial charge in [0.25, 0.3) is 0 Å². The van der Waals surface area contributed by atoms with Crippen molar-refractivity contribution in [1.29, 1.82) is 0 Å². The van der Waals surface area contributed by atoms with Crippen LogP contribution in [0.25, 0.3) is 11.3 Å². The molecule has 0 bridgehead atoms. The lowest BCUT2D eigenvalue weighted by Gasteiger charge is -2.07. The maximum atomic E-state index is 12.3. The summed E-state index contributed by atoms with van der Waals surface area (Å²) < 4.78 is 16.7. The number of carbonyl (C=O) groups excluding carboxylic acids is 1. The predicted octanol–water partition coefficient (Wildman–Crippen LogP) is 7.11. The van der Waals surface area contributed by atoms with Crippen LogP contribution >= 0.6 is 11.6 Å². The van der Waals surface area contributed by atoms with Crippen LogP contribution in [-0.2, 0) is 11.3 Å². The quantitative estimate of drug-likeness (QED) is 0.208. The van der Waals surface area contributed by atoms with E-state index in [1.165, 1.54) is 0 Å². The second kappa shape index (κ2) is 10.7. The Labute approximate surface area is 197 Å². The van der Waals surface area contributed by atoms with Gasteiger partial charge in [-0.05, 0) is 61.5 Å². The lowest BCUT2D eigenvalue weighted by Crippen LogP contribution is -2.05. The molecule has 3 aromatic carbocycles. The number of esters is 1. The molecular formula is C27H22ClNO4. The van der Waals surface area contributed by atoms with Crippen molar-refractivity contribution in [2.24, 2.45) is 4.99 Å². The van der Waals surface area contributed by atoms with Crippen LogP contribution < -0.4 is 4.74 Å². The highest BCUT2D eigenvalue weighted by atomic mass is 35.5. The average molecular weight is 460 g/mol. The number of hydrogen-bond acceptors (Lipinski definition) is 5. The molecule has 0 aliphatic rings. The van der Waals surface area contributed by atoms with Crippen molar-refractivity contribution in [2.45, 2.75) is 13.5 Å². The van der Waals surface area contributed by atoms with E-state index < -0.39 is 5.97 Å². The van der Waals surface area contributed by atoms with Crippen LogP contribution in [0.15, 0.2) is 94.3 Å². The zero-order valence-corrected chi connectivity index (χ0v) is 18.8. The first kappa shape index (κ1) is 22.4. The predicted molar refractivity (Wildman–Crippen MR) is 130 cm³/mol. The molecule has 4 rings (SSSR count). The van der Waals surface area contributed by atoms with Gasteiger partial charge in [0.15, 0.2) is 0 Å². The smallest absolute Gasteiger partial charge is 0.338 e. The van der Waals surface area contributed by atoms with E-state index in [1.807, 2.05) is 73.7 Å². The molecule has 1 aromatic heterocycles. The summed E-state index contributed by atoms with van der Waals surface area (Å²) in [6.07, 6.45) is 1.67. The third-order valence-corrected chi connectivity index (χ3v) is 5.21. The molecule has 0 saturated carbocycles. The van der Waals surface area contributed by atoms with Gasteiger partial charge in [-0.2, -0.15) is 0 Å². The first-order chi connectivity index (χ1) is 16.1. The fourth-order valence-corrected chi connectivity index (χ4v) is 3.31. The second-order valence-electron chi connectivity index (χ2n) is 7.13. The normalized spacial score (nSPS) is 11.0. The molecule has 33 heavy (non-hydrogen) atoms. The lowest BCUT2D eigenvalue weighted by atomic mass is 10.1. The van der Waals surface area contributed by atoms with Gasteiger partial charge < -0.3 is 13.9 Å². The number of furan rings is 1. The highest BCUT2D eigenvalue weighted by Gasteiger charge is 2.10. The second-order valence-corrected chi connectivity index (χ2v) is 7.54. The third kappa shape index (κ3) is 5.90. The van der Waals surface area contributed by atoms with Crippen molar-refractivity contribution in [1.82, 2.24) is 0 Å². The summed E-state index contributed by atoms with van der Waals surface area (Å²) in [5.41, 5.74) is 2.86. The van der Waals surface area contributed by atoms with Crippen molar-refractivity contribution in [2.75, 3.05) is 6.61 Å². The van der Waals surface area contributed by atoms with Crippen LogP contribution in [0.3, 0.4) is 0 Å². The SMILES string of the molecule is CCOc1ccc(N=Cc2ccc(-c3ccc(C(=O)OCc4ccccc4Cl)cc3)o2)cc1. The number of aliphatic imine (C=N–C) groups is 1. The van der Waals surface area contributed by atoms with Crippen molar-refractivity contribution in [3.8, 4) is 17.1 Å². The summed E-state index contributed by atoms with van der Waals surface area (Å²) in [4.78, 5) is 16.8. The van der Waals surface area contributed by atoms with Crippen LogP contribution in [0, 0.1) is 0 Å². The number of rotatable bonds is 8. The summed E-state index contributed by atoms with van der Waals surface area (Å²) in [5, 5.41) is 0.570. The molecule has 0 unspecified atom stereocenters. The van der Waals surface area contributed by atoms with Gasteiger partial charge >= 0.3 is 5.97 Å². The van der Waals surface area contributed by atoms with E-state index in [0.29, 0.717) is 28.7 Å². The van der Waals surface area contributed by atoms with Crippen LogP contribution in [0.1, 0.15) is 28.6 Å². The minimum absolute atomic E-state index is 0.121. The Morgan fingerprint density at radius 3 is 2.45 bits per heavy atom. The summed E-state index contributed by atoms with van der Waals surface area (Å²) >= 11 is 6.10. The summed E-state index contributed by atoms with van der Waals surface area (Å²) in [6.45, 7) is 2.69. The van der Waals surface area contributed by atoms with Gasteiger partial charge in [0.1, 0.15) is 23.9 Å². The topological polar surface area (TPSA) is 61.0 Å². The van der Waals surface area contributed by atoms with E-state index in [2.05, 4.69) is 4.99 Å². The number of hydrogen-bond donors (Lipinski definition) is 0. The average Bonchev–Trinajstić information content (AvgIpc) is 3.32. The Bertz CT molecular complexity index is 1240. The Morgan fingerprint density at radius 2 is 1.73 bits per heavy atom. The fourth-order valence-electron chi connectivity index (χ4n) is 3.12. The first-order valence-electron chi connectivity index (χ1n) is 10.5. The molecule has 0 aliphatic heterocycles. The van der Waals surface area contributed by atoms with Crippen molar-refractivity contribution in [3.05, 3.63) is 107 Å². The number of nitrogens with zero attached hydrogens (tertiary/aromatic N) is 1. The largest absolute Gasteiger partial charge is 0.494 e. The van der Waals surface area contributed by atoms with Crippen LogP contribution in [0.5, 0.6) is 5.75 Å². The molecule has 0 atom stereocenters. The van der Waals surface area contributed by atoms with Gasteiger partial charge in [0, 0.05) is 16.1 Å². The zero-order valence-electron chi connectivity index (χ0n) is 18.0. The van der Waals surface area contributed by atoms with Crippen LogP contribution in [0.4, 0.5) is 5.69 Å². The van der Waals surface area contributed by atoms with Gasteiger partial charge in [0.05, 0.1) is 24.1 Å². The van der Waals surface area contributed by atoms with Crippen molar-refractivity contribution >= 4 is 29.5 Å². The van der Waals surface area contributed by atoms with Crippen molar-refractivity contribution < 1.29 is 18.7 Å². The molecule has 1 heterocycles. The van der Waals surface area contributed by atoms with Gasteiger partial charge in [-0.25, -0.2) is 4.79 Å². The highest BCUT2D eigenvalue weighted by molar-refractivity contribution is 6.31. The molecule has 5 nitrogen and oxygen atoms in total. The molecule has 0 fully saturated rings. The monoisotopic (exact) mass is 459 g/mol. The van der Waals surface area contributed by atoms with Gasteiger partial charge in [0.2, 0.25) is 0 Å². The Balaban J connectivity index is 1.37. The van der Waals surface area contributed by atoms with Crippen LogP contribution in [-0.4, -0.2) is 18.8 Å². The van der Waals surface area contributed by atoms with Gasteiger partial charge in [-0.1, -0.05) is 41.9 Å². The number of carbonyl (C=O) groups is 1. The Hall–Kier alpha value is -3.83. The molecule has 0 radical (unpaired) electrons. The van der Waals surface area contributed by atoms with E-state index >= 15 is 0 Å². The van der Waals surface area contributed by atoms with E-state index in [-0.39, 0.29) is 6.61 Å². The van der Waals surface area contributed by atoms with E-state index in [4.69, 9.17) is 25.5 Å². The number of benzene rings is 3. The van der Waals surface area contributed by atoms with E-state index in [9.17, 15) is 4.79 Å². The minimum atomic E-state index is -0.413. The summed E-state index contributed by atoms with van der Waals surface area (Å²) in [6, 6.07) is 25.6. The molecule has 4 aromatic rings. The first-order valence-corrected chi connectivity index (χ1v) is 10.9. The maximum absolute atomic E-state index is 12.3. The van der Waals surface area contributed by atoms with Crippen LogP contribution in [0.2, 0.25) is 5.02 Å². The molecule has 0 saturated heterocycles. The molecule has 0 aliphatic carbocycles. The molecule has 0 N–H and O–H groups in total. The standard InChI is InChI=1S/C27H22ClNO4/c1-2-31-23-13-11-22(12-14-23)29-17-24-15-16-26(33-24)19-7-9-20(10-8-19)27(30)32-18-21-5-3-4-6-25(21)28/h3-17H,2,18H2,1H3. The highest BCUT2D eigenvalue weighted by Crippen LogP contribution is 2.24. The van der Waals surface area contributed by atoms with E-state index in [0.717, 1.165) is 22.6 Å². The fraction of sp³-hybridized carbons (Fsp3) is 0.111. The van der Waals surface area contributed by atoms with Crippen molar-refractivity contribution in [3.63, 3.8) is 0 Å². The molecule has 6 heteroatoms. The Kier molecular flexibility index (Phi) is 7.22. The molecule has 0 spiro atoms. The number of ether oxygens (including phenoxy) is 2. The summed E-state index contributed by atoms with van der Waals surface area (Å²) in [5.74, 6) is 1.71. The zero-order chi connectivity index (χ0) is 23.0. The molecule has 0 amide bonds.